The number of anilines is 1. The highest BCUT2D eigenvalue weighted by Crippen LogP contribution is 2.28. The minimum absolute atomic E-state index is 0.0149. The van der Waals surface area contributed by atoms with Gasteiger partial charge in [-0.2, -0.15) is 0 Å². The van der Waals surface area contributed by atoms with Crippen LogP contribution in [0.3, 0.4) is 0 Å². The van der Waals surface area contributed by atoms with Crippen molar-refractivity contribution in [2.45, 2.75) is 13.0 Å². The third kappa shape index (κ3) is 5.76. The molecule has 34 heavy (non-hydrogen) atoms. The molecule has 3 aromatic rings. The Morgan fingerprint density at radius 3 is 2.41 bits per heavy atom. The molecule has 1 aliphatic heterocycles. The second-order valence-corrected chi connectivity index (χ2v) is 8.67. The van der Waals surface area contributed by atoms with E-state index >= 15 is 0 Å². The minimum Gasteiger partial charge on any atom is -0.489 e. The third-order valence-electron chi connectivity index (χ3n) is 5.43. The van der Waals surface area contributed by atoms with Gasteiger partial charge in [0.05, 0.1) is 10.9 Å². The van der Waals surface area contributed by atoms with Crippen LogP contribution in [0.25, 0.3) is 0 Å². The molecule has 0 bridgehead atoms. The number of nitrogens with zero attached hydrogens (tertiary/aromatic N) is 1. The monoisotopic (exact) mass is 497 g/mol. The van der Waals surface area contributed by atoms with E-state index in [1.165, 1.54) is 23.1 Å². The Morgan fingerprint density at radius 1 is 0.971 bits per heavy atom. The van der Waals surface area contributed by atoms with Crippen LogP contribution in [0, 0.1) is 5.92 Å². The summed E-state index contributed by atoms with van der Waals surface area (Å²) < 4.78 is 10.9. The summed E-state index contributed by atoms with van der Waals surface area (Å²) >= 11 is 11.9. The topological polar surface area (TPSA) is 72.9 Å². The third-order valence-corrected chi connectivity index (χ3v) is 5.98. The molecule has 4 rings (SSSR count). The fourth-order valence-electron chi connectivity index (χ4n) is 3.63. The summed E-state index contributed by atoms with van der Waals surface area (Å²) in [5, 5.41) is 0.589. The zero-order valence-electron chi connectivity index (χ0n) is 18.1. The van der Waals surface area contributed by atoms with Gasteiger partial charge in [-0.15, -0.1) is 0 Å². The van der Waals surface area contributed by atoms with Gasteiger partial charge in [0.1, 0.15) is 12.4 Å². The van der Waals surface area contributed by atoms with Gasteiger partial charge in [0, 0.05) is 29.2 Å². The van der Waals surface area contributed by atoms with E-state index in [0.29, 0.717) is 23.1 Å². The number of hydrogen-bond donors (Lipinski definition) is 0. The lowest BCUT2D eigenvalue weighted by Gasteiger charge is -2.17. The first-order chi connectivity index (χ1) is 16.4. The maximum Gasteiger partial charge on any atom is 0.311 e. The van der Waals surface area contributed by atoms with Crippen molar-refractivity contribution in [1.29, 1.82) is 0 Å². The van der Waals surface area contributed by atoms with Gasteiger partial charge in [-0.1, -0.05) is 53.5 Å². The molecule has 0 radical (unpaired) electrons. The highest BCUT2D eigenvalue weighted by Gasteiger charge is 2.36. The van der Waals surface area contributed by atoms with E-state index in [1.54, 1.807) is 24.3 Å². The Bertz CT molecular complexity index is 1200. The normalized spacial score (nSPS) is 15.3. The second kappa shape index (κ2) is 10.7. The lowest BCUT2D eigenvalue weighted by Crippen LogP contribution is -2.27. The molecule has 1 heterocycles. The summed E-state index contributed by atoms with van der Waals surface area (Å²) in [6.07, 6.45) is 0.0149. The number of ether oxygens (including phenoxy) is 2. The van der Waals surface area contributed by atoms with Gasteiger partial charge in [0.15, 0.2) is 6.61 Å². The van der Waals surface area contributed by atoms with Gasteiger partial charge < -0.3 is 14.4 Å². The average molecular weight is 498 g/mol. The zero-order chi connectivity index (χ0) is 24.1. The fourth-order valence-corrected chi connectivity index (χ4v) is 4.14. The van der Waals surface area contributed by atoms with Gasteiger partial charge in [-0.25, -0.2) is 0 Å². The summed E-state index contributed by atoms with van der Waals surface area (Å²) in [5.41, 5.74) is 1.94. The zero-order valence-corrected chi connectivity index (χ0v) is 19.6. The first kappa shape index (κ1) is 23.8. The van der Waals surface area contributed by atoms with E-state index < -0.39 is 24.3 Å². The molecule has 1 atom stereocenters. The van der Waals surface area contributed by atoms with Crippen molar-refractivity contribution in [3.8, 4) is 5.75 Å². The number of amides is 1. The Balaban J connectivity index is 1.30. The quantitative estimate of drug-likeness (QED) is 0.309. The minimum atomic E-state index is -0.657. The highest BCUT2D eigenvalue weighted by atomic mass is 35.5. The van der Waals surface area contributed by atoms with Crippen LogP contribution in [0.5, 0.6) is 5.75 Å². The van der Waals surface area contributed by atoms with Gasteiger partial charge >= 0.3 is 5.97 Å². The Labute approximate surface area is 207 Å². The number of hydrogen-bond acceptors (Lipinski definition) is 5. The number of benzene rings is 3. The Hall–Kier alpha value is -3.35. The van der Waals surface area contributed by atoms with E-state index in [4.69, 9.17) is 32.7 Å². The Kier molecular flexibility index (Phi) is 7.50. The van der Waals surface area contributed by atoms with Crippen molar-refractivity contribution < 1.29 is 23.9 Å². The summed E-state index contributed by atoms with van der Waals surface area (Å²) in [5.74, 6) is -1.21. The number of esters is 1. The molecular formula is C26H21Cl2NO5. The van der Waals surface area contributed by atoms with Crippen LogP contribution in [0.4, 0.5) is 5.69 Å². The fraction of sp³-hybridized carbons (Fsp3) is 0.192. The molecule has 1 fully saturated rings. The summed E-state index contributed by atoms with van der Waals surface area (Å²) in [6.45, 7) is 0.160. The van der Waals surface area contributed by atoms with Crippen LogP contribution in [0.1, 0.15) is 22.3 Å². The predicted octanol–water partition coefficient (Wildman–Crippen LogP) is 5.35. The molecule has 0 spiro atoms. The largest absolute Gasteiger partial charge is 0.489 e. The molecule has 0 N–H and O–H groups in total. The number of carbonyl (C=O) groups is 3. The molecule has 1 saturated heterocycles. The van der Waals surface area contributed by atoms with Gasteiger partial charge in [-0.05, 0) is 48.0 Å². The Morgan fingerprint density at radius 2 is 1.71 bits per heavy atom. The van der Waals surface area contributed by atoms with E-state index in [2.05, 4.69) is 0 Å². The van der Waals surface area contributed by atoms with Gasteiger partial charge in [-0.3, -0.25) is 14.4 Å². The number of rotatable bonds is 8. The molecule has 0 aliphatic carbocycles. The number of ketones is 1. The van der Waals surface area contributed by atoms with Crippen LogP contribution >= 0.6 is 23.2 Å². The molecule has 0 saturated carbocycles. The van der Waals surface area contributed by atoms with Crippen molar-refractivity contribution >= 4 is 46.5 Å². The van der Waals surface area contributed by atoms with Crippen LogP contribution in [-0.4, -0.2) is 30.8 Å². The molecule has 0 aromatic heterocycles. The van der Waals surface area contributed by atoms with E-state index in [0.717, 1.165) is 5.56 Å². The molecule has 0 unspecified atom stereocenters. The lowest BCUT2D eigenvalue weighted by molar-refractivity contribution is -0.147. The van der Waals surface area contributed by atoms with Crippen LogP contribution in [0.2, 0.25) is 10.0 Å². The van der Waals surface area contributed by atoms with Crippen molar-refractivity contribution in [2.75, 3.05) is 18.1 Å². The summed E-state index contributed by atoms with van der Waals surface area (Å²) in [7, 11) is 0. The maximum atomic E-state index is 12.5. The standard InChI is InChI=1S/C26H21Cl2NO5/c27-19-6-11-22(23(28)13-19)24(30)16-34-26(32)18-12-25(31)29(14-18)20-7-9-21(10-8-20)33-15-17-4-2-1-3-5-17/h1-11,13,18H,12,14-16H2/t18-/m0/s1. The van der Waals surface area contributed by atoms with Crippen molar-refractivity contribution in [2.24, 2.45) is 5.92 Å². The van der Waals surface area contributed by atoms with Crippen molar-refractivity contribution in [3.63, 3.8) is 0 Å². The predicted molar refractivity (Wildman–Crippen MR) is 129 cm³/mol. The maximum absolute atomic E-state index is 12.5. The highest BCUT2D eigenvalue weighted by molar-refractivity contribution is 6.36. The molecular weight excluding hydrogens is 477 g/mol. The average Bonchev–Trinajstić information content (AvgIpc) is 3.23. The van der Waals surface area contributed by atoms with E-state index in [9.17, 15) is 14.4 Å². The van der Waals surface area contributed by atoms with Crippen molar-refractivity contribution in [1.82, 2.24) is 0 Å². The number of Topliss-reactive ketones (excluding diaryl/α,β-unsaturated/α-hetero) is 1. The molecule has 3 aromatic carbocycles. The van der Waals surface area contributed by atoms with E-state index in [1.807, 2.05) is 30.3 Å². The first-order valence-corrected chi connectivity index (χ1v) is 11.4. The van der Waals surface area contributed by atoms with Gasteiger partial charge in [0.25, 0.3) is 0 Å². The number of carbonyl (C=O) groups excluding carboxylic acids is 3. The molecule has 8 heteroatoms. The van der Waals surface area contributed by atoms with Crippen LogP contribution < -0.4 is 9.64 Å². The lowest BCUT2D eigenvalue weighted by atomic mass is 10.1. The van der Waals surface area contributed by atoms with E-state index in [-0.39, 0.29) is 29.5 Å². The molecule has 174 valence electrons. The molecule has 1 amide bonds. The van der Waals surface area contributed by atoms with Crippen molar-refractivity contribution in [3.05, 3.63) is 94.0 Å². The second-order valence-electron chi connectivity index (χ2n) is 7.83. The summed E-state index contributed by atoms with van der Waals surface area (Å²) in [4.78, 5) is 38.9. The molecule has 6 nitrogen and oxygen atoms in total. The van der Waals surface area contributed by atoms with Gasteiger partial charge in [0.2, 0.25) is 11.7 Å². The summed E-state index contributed by atoms with van der Waals surface area (Å²) in [6, 6.07) is 21.4. The number of halogens is 2. The molecule has 1 aliphatic rings. The van der Waals surface area contributed by atoms with Crippen LogP contribution in [0.15, 0.2) is 72.8 Å². The first-order valence-electron chi connectivity index (χ1n) is 10.6. The SMILES string of the molecule is O=C(COC(=O)[C@H]1CC(=O)N(c2ccc(OCc3ccccc3)cc2)C1)c1ccc(Cl)cc1Cl. The smallest absolute Gasteiger partial charge is 0.311 e. The van der Waals surface area contributed by atoms with Crippen LogP contribution in [-0.2, 0) is 20.9 Å².